The highest BCUT2D eigenvalue weighted by atomic mass is 16.7. The van der Waals surface area contributed by atoms with Gasteiger partial charge in [-0.1, -0.05) is 31.1 Å². The van der Waals surface area contributed by atoms with Gasteiger partial charge in [0.2, 0.25) is 17.7 Å². The maximum absolute atomic E-state index is 13.4. The summed E-state index contributed by atoms with van der Waals surface area (Å²) in [4.78, 5) is 75.4. The monoisotopic (exact) mass is 773 g/mol. The zero-order valence-electron chi connectivity index (χ0n) is 30.6. The minimum absolute atomic E-state index is 0.0241. The Labute approximate surface area is 316 Å². The fourth-order valence-corrected chi connectivity index (χ4v) is 4.50. The van der Waals surface area contributed by atoms with Crippen molar-refractivity contribution in [2.75, 3.05) is 58.0 Å². The van der Waals surface area contributed by atoms with Gasteiger partial charge in [-0.05, 0) is 54.1 Å². The van der Waals surface area contributed by atoms with E-state index in [1.165, 1.54) is 24.3 Å². The number of rotatable bonds is 26. The molecule has 2 rings (SSSR count). The van der Waals surface area contributed by atoms with Crippen LogP contribution in [0.15, 0.2) is 53.6 Å². The topological polar surface area (TPSA) is 298 Å². The Hall–Kier alpha value is -6.02. The number of nitrogens with two attached hydrogens (primary N) is 1. The molecule has 0 saturated carbocycles. The lowest BCUT2D eigenvalue weighted by Gasteiger charge is -2.25. The lowest BCUT2D eigenvalue weighted by molar-refractivity contribution is -0.384. The maximum Gasteiger partial charge on any atom is 0.514 e. The lowest BCUT2D eigenvalue weighted by Crippen LogP contribution is -2.54. The number of ether oxygens (including phenoxy) is 5. The normalized spacial score (nSPS) is 11.7. The molecule has 2 atom stereocenters. The summed E-state index contributed by atoms with van der Waals surface area (Å²) in [5.74, 6) is -1.86. The maximum atomic E-state index is 13.4. The molecule has 0 spiro atoms. The molecule has 2 aromatic carbocycles. The second kappa shape index (κ2) is 25.9. The molecule has 0 aromatic heterocycles. The molecule has 0 saturated heterocycles. The first-order valence-electron chi connectivity index (χ1n) is 17.3. The molecule has 21 heteroatoms. The van der Waals surface area contributed by atoms with Crippen LogP contribution in [0.1, 0.15) is 38.7 Å². The molecule has 0 unspecified atom stereocenters. The summed E-state index contributed by atoms with van der Waals surface area (Å²) >= 11 is 0. The van der Waals surface area contributed by atoms with Crippen molar-refractivity contribution < 1.29 is 52.6 Å². The fourth-order valence-electron chi connectivity index (χ4n) is 4.50. The molecule has 55 heavy (non-hydrogen) atoms. The van der Waals surface area contributed by atoms with Crippen LogP contribution < -0.4 is 31.7 Å². The molecule has 0 aliphatic heterocycles. The Morgan fingerprint density at radius 1 is 0.891 bits per heavy atom. The van der Waals surface area contributed by atoms with Gasteiger partial charge in [0.05, 0.1) is 44.6 Å². The first-order chi connectivity index (χ1) is 26.4. The SMILES string of the molecule is CC(C)[C@@H](NC(=O)CCOCCOCCOCCN=[N+]=[N-])C(=O)N[C@@H](CCCNC(N)=O)C(=O)Nc1ccc(COC(=O)Oc2ccc([N+](=O)[O-])cc2)cc1. The van der Waals surface area contributed by atoms with Crippen LogP contribution in [0.4, 0.5) is 21.0 Å². The van der Waals surface area contributed by atoms with E-state index in [0.717, 1.165) is 0 Å². The van der Waals surface area contributed by atoms with Crippen molar-refractivity contribution in [3.8, 4) is 5.75 Å². The van der Waals surface area contributed by atoms with Crippen LogP contribution in [0, 0.1) is 16.0 Å². The highest BCUT2D eigenvalue weighted by molar-refractivity contribution is 5.98. The quantitative estimate of drug-likeness (QED) is 0.0135. The van der Waals surface area contributed by atoms with Crippen molar-refractivity contribution in [3.05, 3.63) is 74.7 Å². The predicted octanol–water partition coefficient (Wildman–Crippen LogP) is 3.07. The average molecular weight is 774 g/mol. The number of carbonyl (C=O) groups excluding carboxylic acids is 5. The van der Waals surface area contributed by atoms with Crippen LogP contribution >= 0.6 is 0 Å². The van der Waals surface area contributed by atoms with Gasteiger partial charge in [-0.3, -0.25) is 24.5 Å². The van der Waals surface area contributed by atoms with Gasteiger partial charge < -0.3 is 50.7 Å². The van der Waals surface area contributed by atoms with E-state index >= 15 is 0 Å². The molecule has 21 nitrogen and oxygen atoms in total. The summed E-state index contributed by atoms with van der Waals surface area (Å²) in [6.45, 7) is 5.24. The summed E-state index contributed by atoms with van der Waals surface area (Å²) in [5, 5.41) is 24.7. The minimum atomic E-state index is -1.06. The molecule has 0 heterocycles. The molecular formula is C34H47N9O12. The number of hydrogen-bond acceptors (Lipinski definition) is 13. The zero-order chi connectivity index (χ0) is 40.4. The predicted molar refractivity (Wildman–Crippen MR) is 196 cm³/mol. The van der Waals surface area contributed by atoms with Crippen LogP contribution in [-0.2, 0) is 39.9 Å². The second-order valence-electron chi connectivity index (χ2n) is 11.9. The first-order valence-corrected chi connectivity index (χ1v) is 17.3. The van der Waals surface area contributed by atoms with E-state index < -0.39 is 46.9 Å². The van der Waals surface area contributed by atoms with Gasteiger partial charge in [-0.15, -0.1) is 0 Å². The summed E-state index contributed by atoms with van der Waals surface area (Å²) in [6.07, 6.45) is -0.639. The number of nitro groups is 1. The van der Waals surface area contributed by atoms with E-state index in [4.69, 9.17) is 34.9 Å². The molecule has 0 radical (unpaired) electrons. The smallest absolute Gasteiger partial charge is 0.429 e. The number of urea groups is 1. The number of hydrogen-bond donors (Lipinski definition) is 5. The van der Waals surface area contributed by atoms with Crippen molar-refractivity contribution in [2.24, 2.45) is 16.8 Å². The Kier molecular flexibility index (Phi) is 21.2. The number of nitrogens with one attached hydrogen (secondary N) is 4. The summed E-state index contributed by atoms with van der Waals surface area (Å²) in [5.41, 5.74) is 14.1. The third-order valence-electron chi connectivity index (χ3n) is 7.31. The number of non-ortho nitro benzene ring substituents is 1. The van der Waals surface area contributed by atoms with Crippen LogP contribution in [0.25, 0.3) is 10.4 Å². The number of primary amides is 1. The van der Waals surface area contributed by atoms with E-state index in [1.807, 2.05) is 0 Å². The summed E-state index contributed by atoms with van der Waals surface area (Å²) in [7, 11) is 0. The Bertz CT molecular complexity index is 1590. The molecule has 0 aliphatic rings. The fraction of sp³-hybridized carbons (Fsp3) is 0.500. The third kappa shape index (κ3) is 19.6. The molecule has 6 N–H and O–H groups in total. The molecule has 2 aromatic rings. The molecular weight excluding hydrogens is 726 g/mol. The van der Waals surface area contributed by atoms with Gasteiger partial charge in [-0.2, -0.15) is 0 Å². The van der Waals surface area contributed by atoms with Crippen LogP contribution in [0.3, 0.4) is 0 Å². The summed E-state index contributed by atoms with van der Waals surface area (Å²) in [6, 6.07) is 8.42. The van der Waals surface area contributed by atoms with Crippen LogP contribution in [0.5, 0.6) is 5.75 Å². The van der Waals surface area contributed by atoms with Gasteiger partial charge in [-0.25, -0.2) is 9.59 Å². The third-order valence-corrected chi connectivity index (χ3v) is 7.31. The lowest BCUT2D eigenvalue weighted by atomic mass is 10.0. The van der Waals surface area contributed by atoms with Gasteiger partial charge in [0.25, 0.3) is 5.69 Å². The standard InChI is InChI=1S/C34H47N9O12/c1-23(2)30(41-29(44)13-16-51-18-20-53-21-19-52-17-15-38-42-36)32(46)40-28(4-3-14-37-33(35)47)31(45)39-25-7-5-24(6-8-25)22-54-34(48)55-27-11-9-26(10-12-27)43(49)50/h5-12,23,28,30H,3-4,13-22H2,1-2H3,(H,39,45)(H,40,46)(H,41,44)(H3,35,37,47)/t28-,30+/m0/s1. The number of nitro benzene ring substituents is 1. The zero-order valence-corrected chi connectivity index (χ0v) is 30.6. The number of carbonyl (C=O) groups is 5. The van der Waals surface area contributed by atoms with Gasteiger partial charge in [0.15, 0.2) is 0 Å². The largest absolute Gasteiger partial charge is 0.514 e. The van der Waals surface area contributed by atoms with E-state index in [9.17, 15) is 34.1 Å². The number of amides is 5. The van der Waals surface area contributed by atoms with Gasteiger partial charge >= 0.3 is 12.2 Å². The highest BCUT2D eigenvalue weighted by Gasteiger charge is 2.29. The average Bonchev–Trinajstić information content (AvgIpc) is 3.15. The van der Waals surface area contributed by atoms with Crippen LogP contribution in [0.2, 0.25) is 0 Å². The van der Waals surface area contributed by atoms with Crippen LogP contribution in [-0.4, -0.2) is 99.6 Å². The van der Waals surface area contributed by atoms with Gasteiger partial charge in [0.1, 0.15) is 24.4 Å². The first kappa shape index (κ1) is 45.1. The number of anilines is 1. The van der Waals surface area contributed by atoms with Crippen molar-refractivity contribution in [1.29, 1.82) is 0 Å². The Balaban J connectivity index is 1.87. The number of nitrogens with zero attached hydrogens (tertiary/aromatic N) is 4. The van der Waals surface area contributed by atoms with E-state index in [-0.39, 0.29) is 76.1 Å². The second-order valence-corrected chi connectivity index (χ2v) is 11.9. The summed E-state index contributed by atoms with van der Waals surface area (Å²) < 4.78 is 26.1. The molecule has 0 bridgehead atoms. The minimum Gasteiger partial charge on any atom is -0.429 e. The molecule has 0 aliphatic carbocycles. The van der Waals surface area contributed by atoms with Crippen molar-refractivity contribution in [3.63, 3.8) is 0 Å². The van der Waals surface area contributed by atoms with Gasteiger partial charge in [0, 0.05) is 42.2 Å². The molecule has 0 fully saturated rings. The van der Waals surface area contributed by atoms with E-state index in [2.05, 4.69) is 31.3 Å². The van der Waals surface area contributed by atoms with Crippen molar-refractivity contribution >= 4 is 41.3 Å². The van der Waals surface area contributed by atoms with Crippen molar-refractivity contribution in [1.82, 2.24) is 16.0 Å². The Morgan fingerprint density at radius 2 is 1.53 bits per heavy atom. The van der Waals surface area contributed by atoms with E-state index in [0.29, 0.717) is 31.1 Å². The molecule has 5 amide bonds. The number of azide groups is 1. The molecule has 300 valence electrons. The highest BCUT2D eigenvalue weighted by Crippen LogP contribution is 2.18. The van der Waals surface area contributed by atoms with Crippen molar-refractivity contribution in [2.45, 2.75) is 51.8 Å². The Morgan fingerprint density at radius 3 is 2.13 bits per heavy atom. The van der Waals surface area contributed by atoms with E-state index in [1.54, 1.807) is 38.1 Å². The number of benzene rings is 2.